The first-order chi connectivity index (χ1) is 12.6. The molecule has 0 aromatic heterocycles. The molecule has 2 aromatic carbocycles. The number of methoxy groups -OCH3 is 2. The highest BCUT2D eigenvalue weighted by atomic mass is 16.6. The van der Waals surface area contributed by atoms with Gasteiger partial charge in [0, 0.05) is 5.56 Å². The number of hydrogen-bond donors (Lipinski definition) is 0. The first-order valence-electron chi connectivity index (χ1n) is 8.69. The number of rotatable bonds is 10. The molecule has 0 fully saturated rings. The molecule has 0 N–H and O–H groups in total. The lowest BCUT2D eigenvalue weighted by molar-refractivity contribution is 0.112. The van der Waals surface area contributed by atoms with E-state index in [-0.39, 0.29) is 0 Å². The van der Waals surface area contributed by atoms with Gasteiger partial charge in [-0.05, 0) is 42.2 Å². The van der Waals surface area contributed by atoms with Crippen LogP contribution in [0.1, 0.15) is 42.1 Å². The van der Waals surface area contributed by atoms with Crippen LogP contribution in [0, 0.1) is 0 Å². The fourth-order valence-corrected chi connectivity index (χ4v) is 2.54. The summed E-state index contributed by atoms with van der Waals surface area (Å²) in [6, 6.07) is 11.4. The number of ether oxygens (including phenoxy) is 4. The first kappa shape index (κ1) is 19.6. The van der Waals surface area contributed by atoms with Gasteiger partial charge in [0.1, 0.15) is 25.2 Å². The van der Waals surface area contributed by atoms with Crippen molar-refractivity contribution in [2.24, 2.45) is 0 Å². The number of carbonyl (C=O) groups excluding carboxylic acids is 1. The van der Waals surface area contributed by atoms with E-state index >= 15 is 0 Å². The summed E-state index contributed by atoms with van der Waals surface area (Å²) in [5.41, 5.74) is 1.77. The van der Waals surface area contributed by atoms with E-state index in [9.17, 15) is 4.79 Å². The van der Waals surface area contributed by atoms with Crippen LogP contribution in [-0.4, -0.2) is 33.7 Å². The number of benzene rings is 2. The molecule has 5 heteroatoms. The van der Waals surface area contributed by atoms with E-state index < -0.39 is 0 Å². The van der Waals surface area contributed by atoms with Crippen molar-refractivity contribution in [3.63, 3.8) is 0 Å². The minimum absolute atomic E-state index is 0.320. The van der Waals surface area contributed by atoms with E-state index in [1.807, 2.05) is 12.1 Å². The van der Waals surface area contributed by atoms with E-state index in [0.717, 1.165) is 18.5 Å². The lowest BCUT2D eigenvalue weighted by atomic mass is 9.99. The quantitative estimate of drug-likeness (QED) is 0.463. The van der Waals surface area contributed by atoms with Gasteiger partial charge >= 0.3 is 0 Å². The zero-order valence-corrected chi connectivity index (χ0v) is 15.8. The van der Waals surface area contributed by atoms with Crippen molar-refractivity contribution in [1.82, 2.24) is 0 Å². The fourth-order valence-electron chi connectivity index (χ4n) is 2.54. The van der Waals surface area contributed by atoms with E-state index in [0.29, 0.717) is 41.9 Å². The Hall–Kier alpha value is -2.69. The fraction of sp³-hybridized carbons (Fsp3) is 0.381. The van der Waals surface area contributed by atoms with Gasteiger partial charge in [0.2, 0.25) is 5.75 Å². The van der Waals surface area contributed by atoms with E-state index in [4.69, 9.17) is 18.9 Å². The van der Waals surface area contributed by atoms with Gasteiger partial charge in [-0.2, -0.15) is 0 Å². The normalized spacial score (nSPS) is 11.5. The third kappa shape index (κ3) is 4.91. The van der Waals surface area contributed by atoms with Crippen LogP contribution in [0.25, 0.3) is 0 Å². The summed E-state index contributed by atoms with van der Waals surface area (Å²) >= 11 is 0. The van der Waals surface area contributed by atoms with Gasteiger partial charge in [-0.25, -0.2) is 0 Å². The van der Waals surface area contributed by atoms with Crippen LogP contribution in [0.3, 0.4) is 0 Å². The van der Waals surface area contributed by atoms with Crippen LogP contribution in [0.2, 0.25) is 0 Å². The van der Waals surface area contributed by atoms with Gasteiger partial charge in [0.15, 0.2) is 11.5 Å². The Kier molecular flexibility index (Phi) is 7.33. The molecule has 0 spiro atoms. The summed E-state index contributed by atoms with van der Waals surface area (Å²) in [6.45, 7) is 5.08. The number of hydrogen-bond acceptors (Lipinski definition) is 5. The van der Waals surface area contributed by atoms with Crippen LogP contribution in [-0.2, 0) is 0 Å². The average Bonchev–Trinajstić information content (AvgIpc) is 2.70. The molecular formula is C21H26O5. The second-order valence-corrected chi connectivity index (χ2v) is 5.95. The molecule has 2 rings (SSSR count). The monoisotopic (exact) mass is 358 g/mol. The Morgan fingerprint density at radius 3 is 2.04 bits per heavy atom. The van der Waals surface area contributed by atoms with Crippen molar-refractivity contribution in [2.45, 2.75) is 26.2 Å². The summed E-state index contributed by atoms with van der Waals surface area (Å²) in [5.74, 6) is 2.70. The third-order valence-electron chi connectivity index (χ3n) is 4.28. The average molecular weight is 358 g/mol. The molecule has 1 unspecified atom stereocenters. The highest BCUT2D eigenvalue weighted by Crippen LogP contribution is 2.38. The van der Waals surface area contributed by atoms with Crippen molar-refractivity contribution in [3.8, 4) is 23.0 Å². The Morgan fingerprint density at radius 1 is 0.962 bits per heavy atom. The van der Waals surface area contributed by atoms with Crippen LogP contribution in [0.5, 0.6) is 23.0 Å². The Labute approximate surface area is 154 Å². The summed E-state index contributed by atoms with van der Waals surface area (Å²) in [6.07, 6.45) is 1.85. The molecule has 0 aliphatic carbocycles. The minimum atomic E-state index is 0.320. The smallest absolute Gasteiger partial charge is 0.203 e. The summed E-state index contributed by atoms with van der Waals surface area (Å²) in [4.78, 5) is 11.0. The second-order valence-electron chi connectivity index (χ2n) is 5.95. The first-order valence-corrected chi connectivity index (χ1v) is 8.69. The van der Waals surface area contributed by atoms with Gasteiger partial charge in [-0.15, -0.1) is 0 Å². The van der Waals surface area contributed by atoms with Crippen molar-refractivity contribution in [3.05, 3.63) is 47.5 Å². The topological polar surface area (TPSA) is 54.0 Å². The zero-order chi connectivity index (χ0) is 18.9. The molecule has 1 atom stereocenters. The predicted octanol–water partition coefficient (Wildman–Crippen LogP) is 4.49. The summed E-state index contributed by atoms with van der Waals surface area (Å²) in [5, 5.41) is 0. The van der Waals surface area contributed by atoms with Gasteiger partial charge in [0.05, 0.1) is 14.2 Å². The molecule has 140 valence electrons. The van der Waals surface area contributed by atoms with E-state index in [2.05, 4.69) is 26.0 Å². The Bertz CT molecular complexity index is 684. The predicted molar refractivity (Wildman–Crippen MR) is 101 cm³/mol. The van der Waals surface area contributed by atoms with Crippen LogP contribution >= 0.6 is 0 Å². The molecule has 2 aromatic rings. The Morgan fingerprint density at radius 2 is 1.54 bits per heavy atom. The number of aldehydes is 1. The number of carbonyl (C=O) groups is 1. The summed E-state index contributed by atoms with van der Waals surface area (Å²) in [7, 11) is 3.04. The maximum atomic E-state index is 11.0. The lowest BCUT2D eigenvalue weighted by Crippen LogP contribution is -2.10. The van der Waals surface area contributed by atoms with Gasteiger partial charge < -0.3 is 18.9 Å². The Balaban J connectivity index is 1.94. The molecule has 0 amide bonds. The van der Waals surface area contributed by atoms with E-state index in [1.165, 1.54) is 19.8 Å². The van der Waals surface area contributed by atoms with E-state index in [1.54, 1.807) is 12.1 Å². The second kappa shape index (κ2) is 9.70. The highest BCUT2D eigenvalue weighted by molar-refractivity contribution is 5.78. The van der Waals surface area contributed by atoms with Gasteiger partial charge in [-0.3, -0.25) is 4.79 Å². The molecule has 0 radical (unpaired) electrons. The van der Waals surface area contributed by atoms with Crippen LogP contribution in [0.15, 0.2) is 36.4 Å². The molecular weight excluding hydrogens is 332 g/mol. The molecule has 5 nitrogen and oxygen atoms in total. The molecule has 0 saturated heterocycles. The van der Waals surface area contributed by atoms with Crippen molar-refractivity contribution < 1.29 is 23.7 Å². The minimum Gasteiger partial charge on any atom is -0.493 e. The standard InChI is InChI=1S/C21H26O5/c1-5-15(2)17-6-8-18(9-7-17)25-10-11-26-21-19(23-3)12-16(14-22)13-20(21)24-4/h6-9,12-15H,5,10-11H2,1-4H3. The van der Waals surface area contributed by atoms with Gasteiger partial charge in [0.25, 0.3) is 0 Å². The SMILES string of the molecule is CCC(C)c1ccc(OCCOc2c(OC)cc(C=O)cc2OC)cc1. The van der Waals surface area contributed by atoms with Gasteiger partial charge in [-0.1, -0.05) is 26.0 Å². The highest BCUT2D eigenvalue weighted by Gasteiger charge is 2.14. The van der Waals surface area contributed by atoms with Crippen LogP contribution < -0.4 is 18.9 Å². The van der Waals surface area contributed by atoms with Crippen LogP contribution in [0.4, 0.5) is 0 Å². The van der Waals surface area contributed by atoms with Crippen molar-refractivity contribution >= 4 is 6.29 Å². The lowest BCUT2D eigenvalue weighted by Gasteiger charge is -2.15. The third-order valence-corrected chi connectivity index (χ3v) is 4.28. The summed E-state index contributed by atoms with van der Waals surface area (Å²) < 4.78 is 22.1. The van der Waals surface area contributed by atoms with Crippen molar-refractivity contribution in [1.29, 1.82) is 0 Å². The molecule has 26 heavy (non-hydrogen) atoms. The molecule has 0 aliphatic rings. The zero-order valence-electron chi connectivity index (χ0n) is 15.8. The largest absolute Gasteiger partial charge is 0.493 e. The molecule has 0 bridgehead atoms. The molecule has 0 aliphatic heterocycles. The maximum absolute atomic E-state index is 11.0. The van der Waals surface area contributed by atoms with Crippen molar-refractivity contribution in [2.75, 3.05) is 27.4 Å². The molecule has 0 heterocycles. The molecule has 0 saturated carbocycles. The maximum Gasteiger partial charge on any atom is 0.203 e.